The van der Waals surface area contributed by atoms with E-state index in [0.29, 0.717) is 31.1 Å². The molecule has 1 aliphatic rings. The van der Waals surface area contributed by atoms with Crippen LogP contribution in [0.2, 0.25) is 0 Å². The molecule has 1 aromatic heterocycles. The lowest BCUT2D eigenvalue weighted by Crippen LogP contribution is -2.35. The Balaban J connectivity index is 1.74. The van der Waals surface area contributed by atoms with Crippen LogP contribution >= 0.6 is 0 Å². The van der Waals surface area contributed by atoms with Gasteiger partial charge in [0.2, 0.25) is 5.91 Å². The highest BCUT2D eigenvalue weighted by Crippen LogP contribution is 2.32. The van der Waals surface area contributed by atoms with Crippen LogP contribution in [-0.4, -0.2) is 40.6 Å². The van der Waals surface area contributed by atoms with Crippen LogP contribution in [0.1, 0.15) is 29.8 Å². The Kier molecular flexibility index (Phi) is 5.84. The van der Waals surface area contributed by atoms with Gasteiger partial charge in [-0.3, -0.25) is 4.79 Å². The van der Waals surface area contributed by atoms with Crippen LogP contribution in [0.25, 0.3) is 0 Å². The number of halogens is 3. The molecule has 1 heterocycles. The molecule has 0 bridgehead atoms. The van der Waals surface area contributed by atoms with Crippen molar-refractivity contribution in [2.45, 2.75) is 32.1 Å². The molecule has 1 amide bonds. The smallest absolute Gasteiger partial charge is 0.383 e. The number of amides is 1. The largest absolute Gasteiger partial charge is 0.416 e. The Labute approximate surface area is 155 Å². The van der Waals surface area contributed by atoms with E-state index in [9.17, 15) is 18.0 Å². The van der Waals surface area contributed by atoms with E-state index in [2.05, 4.69) is 4.98 Å². The molecule has 0 radical (unpaired) electrons. The normalized spacial score (nSPS) is 14.4. The number of methoxy groups -OCH3 is 1. The maximum atomic E-state index is 12.9. The monoisotopic (exact) mass is 381 g/mol. The molecule has 0 saturated heterocycles. The van der Waals surface area contributed by atoms with Crippen LogP contribution in [0.5, 0.6) is 0 Å². The predicted molar refractivity (Wildman–Crippen MR) is 92.8 cm³/mol. The SMILES string of the molecule is COCCN(Cc1nccn1Cc1cccc(C(F)(F)F)c1)C(=O)C1CC1. The van der Waals surface area contributed by atoms with Crippen molar-refractivity contribution in [2.75, 3.05) is 20.3 Å². The molecule has 0 unspecified atom stereocenters. The van der Waals surface area contributed by atoms with Crippen molar-refractivity contribution in [3.05, 3.63) is 53.6 Å². The Morgan fingerprint density at radius 2 is 2.15 bits per heavy atom. The van der Waals surface area contributed by atoms with Gasteiger partial charge in [-0.05, 0) is 30.5 Å². The first-order valence-corrected chi connectivity index (χ1v) is 8.82. The van der Waals surface area contributed by atoms with Gasteiger partial charge in [-0.15, -0.1) is 0 Å². The number of aromatic nitrogens is 2. The molecule has 0 aliphatic heterocycles. The average Bonchev–Trinajstić information content (AvgIpc) is 3.39. The highest BCUT2D eigenvalue weighted by Gasteiger charge is 2.34. The minimum atomic E-state index is -4.37. The van der Waals surface area contributed by atoms with E-state index < -0.39 is 11.7 Å². The van der Waals surface area contributed by atoms with E-state index >= 15 is 0 Å². The van der Waals surface area contributed by atoms with E-state index in [4.69, 9.17) is 4.74 Å². The second kappa shape index (κ2) is 8.12. The molecule has 0 atom stereocenters. The third-order valence-corrected chi connectivity index (χ3v) is 4.54. The van der Waals surface area contributed by atoms with Gasteiger partial charge in [0.1, 0.15) is 5.82 Å². The van der Waals surface area contributed by atoms with Gasteiger partial charge >= 0.3 is 6.18 Å². The minimum absolute atomic E-state index is 0.0775. The van der Waals surface area contributed by atoms with Crippen LogP contribution in [0.15, 0.2) is 36.7 Å². The minimum Gasteiger partial charge on any atom is -0.383 e. The predicted octanol–water partition coefficient (Wildman–Crippen LogP) is 3.34. The van der Waals surface area contributed by atoms with Crippen molar-refractivity contribution in [3.63, 3.8) is 0 Å². The fourth-order valence-corrected chi connectivity index (χ4v) is 2.91. The lowest BCUT2D eigenvalue weighted by Gasteiger charge is -2.22. The number of carbonyl (C=O) groups is 1. The summed E-state index contributed by atoms with van der Waals surface area (Å²) in [6.45, 7) is 1.45. The summed E-state index contributed by atoms with van der Waals surface area (Å²) in [5.41, 5.74) is -0.145. The Hall–Kier alpha value is -2.35. The highest BCUT2D eigenvalue weighted by molar-refractivity contribution is 5.81. The molecule has 5 nitrogen and oxygen atoms in total. The fraction of sp³-hybridized carbons (Fsp3) is 0.474. The van der Waals surface area contributed by atoms with E-state index in [1.54, 1.807) is 35.0 Å². The standard InChI is InChI=1S/C19H22F3N3O2/c1-27-10-9-25(18(26)15-5-6-15)13-17-23-7-8-24(17)12-14-3-2-4-16(11-14)19(20,21)22/h2-4,7-8,11,15H,5-6,9-10,12-13H2,1H3. The molecule has 1 aliphatic carbocycles. The first kappa shape index (κ1) is 19.4. The van der Waals surface area contributed by atoms with Crippen LogP contribution < -0.4 is 0 Å². The second-order valence-electron chi connectivity index (χ2n) is 6.70. The Morgan fingerprint density at radius 3 is 2.81 bits per heavy atom. The fourth-order valence-electron chi connectivity index (χ4n) is 2.91. The lowest BCUT2D eigenvalue weighted by molar-refractivity contribution is -0.137. The van der Waals surface area contributed by atoms with E-state index in [1.807, 2.05) is 0 Å². The number of imidazole rings is 1. The second-order valence-corrected chi connectivity index (χ2v) is 6.70. The molecule has 0 spiro atoms. The molecular weight excluding hydrogens is 359 g/mol. The van der Waals surface area contributed by atoms with Crippen LogP contribution in [0.3, 0.4) is 0 Å². The zero-order chi connectivity index (χ0) is 19.4. The van der Waals surface area contributed by atoms with E-state index in [-0.39, 0.29) is 18.4 Å². The van der Waals surface area contributed by atoms with Gasteiger partial charge < -0.3 is 14.2 Å². The van der Waals surface area contributed by atoms with Crippen molar-refractivity contribution in [2.24, 2.45) is 5.92 Å². The zero-order valence-electron chi connectivity index (χ0n) is 15.1. The number of carbonyl (C=O) groups excluding carboxylic acids is 1. The number of alkyl halides is 3. The quantitative estimate of drug-likeness (QED) is 0.705. The molecule has 27 heavy (non-hydrogen) atoms. The van der Waals surface area contributed by atoms with Crippen molar-refractivity contribution < 1.29 is 22.7 Å². The van der Waals surface area contributed by atoms with Gasteiger partial charge in [-0.2, -0.15) is 13.2 Å². The molecular formula is C19H22F3N3O2. The van der Waals surface area contributed by atoms with E-state index in [0.717, 1.165) is 25.0 Å². The van der Waals surface area contributed by atoms with Crippen molar-refractivity contribution >= 4 is 5.91 Å². The van der Waals surface area contributed by atoms with Gasteiger partial charge in [-0.1, -0.05) is 12.1 Å². The summed E-state index contributed by atoms with van der Waals surface area (Å²) >= 11 is 0. The summed E-state index contributed by atoms with van der Waals surface area (Å²) in [6, 6.07) is 5.24. The number of hydrogen-bond donors (Lipinski definition) is 0. The third kappa shape index (κ3) is 5.09. The maximum Gasteiger partial charge on any atom is 0.416 e. The zero-order valence-corrected chi connectivity index (χ0v) is 15.1. The molecule has 146 valence electrons. The first-order valence-electron chi connectivity index (χ1n) is 8.82. The lowest BCUT2D eigenvalue weighted by atomic mass is 10.1. The highest BCUT2D eigenvalue weighted by atomic mass is 19.4. The Morgan fingerprint density at radius 1 is 1.37 bits per heavy atom. The summed E-state index contributed by atoms with van der Waals surface area (Å²) in [5, 5.41) is 0. The first-order chi connectivity index (χ1) is 12.9. The number of rotatable bonds is 8. The van der Waals surface area contributed by atoms with Crippen LogP contribution in [-0.2, 0) is 28.8 Å². The van der Waals surface area contributed by atoms with Crippen molar-refractivity contribution in [3.8, 4) is 0 Å². The van der Waals surface area contributed by atoms with Gasteiger partial charge in [0.05, 0.1) is 18.7 Å². The number of ether oxygens (including phenoxy) is 1. The number of benzene rings is 1. The third-order valence-electron chi connectivity index (χ3n) is 4.54. The molecule has 2 aromatic rings. The maximum absolute atomic E-state index is 12.9. The van der Waals surface area contributed by atoms with Crippen molar-refractivity contribution in [1.82, 2.24) is 14.5 Å². The van der Waals surface area contributed by atoms with Gasteiger partial charge in [-0.25, -0.2) is 4.98 Å². The van der Waals surface area contributed by atoms with E-state index in [1.165, 1.54) is 6.07 Å². The van der Waals surface area contributed by atoms with Gasteiger partial charge in [0.25, 0.3) is 0 Å². The molecule has 3 rings (SSSR count). The topological polar surface area (TPSA) is 47.4 Å². The number of nitrogens with zero attached hydrogens (tertiary/aromatic N) is 3. The summed E-state index contributed by atoms with van der Waals surface area (Å²) in [4.78, 5) is 18.5. The average molecular weight is 381 g/mol. The van der Waals surface area contributed by atoms with Gasteiger partial charge in [0.15, 0.2) is 0 Å². The molecule has 0 N–H and O–H groups in total. The van der Waals surface area contributed by atoms with Gasteiger partial charge in [0, 0.05) is 38.5 Å². The molecule has 1 aromatic carbocycles. The summed E-state index contributed by atoms with van der Waals surface area (Å²) < 4.78 is 45.6. The summed E-state index contributed by atoms with van der Waals surface area (Å²) in [6.07, 6.45) is 0.744. The molecule has 1 fully saturated rings. The summed E-state index contributed by atoms with van der Waals surface area (Å²) in [5.74, 6) is 0.798. The van der Waals surface area contributed by atoms with Crippen LogP contribution in [0, 0.1) is 5.92 Å². The summed E-state index contributed by atoms with van der Waals surface area (Å²) in [7, 11) is 1.58. The molecule has 8 heteroatoms. The van der Waals surface area contributed by atoms with Crippen LogP contribution in [0.4, 0.5) is 13.2 Å². The number of hydrogen-bond acceptors (Lipinski definition) is 3. The van der Waals surface area contributed by atoms with Crippen molar-refractivity contribution in [1.29, 1.82) is 0 Å². The Bertz CT molecular complexity index is 785. The molecule has 1 saturated carbocycles.